The van der Waals surface area contributed by atoms with Crippen molar-refractivity contribution >= 4 is 11.5 Å². The van der Waals surface area contributed by atoms with Crippen molar-refractivity contribution in [3.05, 3.63) is 53.6 Å². The van der Waals surface area contributed by atoms with Crippen LogP contribution >= 0.6 is 0 Å². The summed E-state index contributed by atoms with van der Waals surface area (Å²) in [4.78, 5) is 15.2. The summed E-state index contributed by atoms with van der Waals surface area (Å²) >= 11 is 0. The van der Waals surface area contributed by atoms with Gasteiger partial charge in [0.15, 0.2) is 0 Å². The van der Waals surface area contributed by atoms with Gasteiger partial charge in [0.05, 0.1) is 37.3 Å². The Morgan fingerprint density at radius 2 is 2.17 bits per heavy atom. The molecule has 0 amide bonds. The maximum atomic E-state index is 5.98. The SMILES string of the molecule is COCc1cccc(CN2CC(N)=NC(c3ncco3)=C2C)n1. The first-order chi connectivity index (χ1) is 11.2. The highest BCUT2D eigenvalue weighted by atomic mass is 16.5. The highest BCUT2D eigenvalue weighted by Gasteiger charge is 2.22. The van der Waals surface area contributed by atoms with Crippen molar-refractivity contribution in [3.8, 4) is 0 Å². The van der Waals surface area contributed by atoms with E-state index in [0.717, 1.165) is 17.1 Å². The van der Waals surface area contributed by atoms with Crippen LogP contribution in [0.4, 0.5) is 0 Å². The van der Waals surface area contributed by atoms with Gasteiger partial charge in [-0.05, 0) is 19.1 Å². The van der Waals surface area contributed by atoms with Crippen LogP contribution in [0.25, 0.3) is 5.70 Å². The first-order valence-corrected chi connectivity index (χ1v) is 7.30. The van der Waals surface area contributed by atoms with Crippen LogP contribution in [-0.4, -0.2) is 34.4 Å². The Bertz CT molecular complexity index is 737. The molecule has 0 bridgehead atoms. The molecule has 3 heterocycles. The number of hydrogen-bond donors (Lipinski definition) is 1. The Kier molecular flexibility index (Phi) is 4.38. The molecule has 2 N–H and O–H groups in total. The average molecular weight is 313 g/mol. The van der Waals surface area contributed by atoms with Crippen LogP contribution in [0.5, 0.6) is 0 Å². The molecule has 0 fully saturated rings. The number of aliphatic imine (C=N–C) groups is 1. The van der Waals surface area contributed by atoms with E-state index in [9.17, 15) is 0 Å². The van der Waals surface area contributed by atoms with Crippen molar-refractivity contribution in [2.24, 2.45) is 10.7 Å². The van der Waals surface area contributed by atoms with E-state index in [1.54, 1.807) is 13.3 Å². The first-order valence-electron chi connectivity index (χ1n) is 7.30. The highest BCUT2D eigenvalue weighted by Crippen LogP contribution is 2.25. The van der Waals surface area contributed by atoms with Gasteiger partial charge in [-0.25, -0.2) is 9.98 Å². The van der Waals surface area contributed by atoms with Crippen LogP contribution in [0.1, 0.15) is 24.2 Å². The third-order valence-corrected chi connectivity index (χ3v) is 3.57. The van der Waals surface area contributed by atoms with E-state index >= 15 is 0 Å². The molecule has 0 saturated heterocycles. The summed E-state index contributed by atoms with van der Waals surface area (Å²) < 4.78 is 10.5. The number of amidine groups is 1. The van der Waals surface area contributed by atoms with Crippen molar-refractivity contribution in [3.63, 3.8) is 0 Å². The van der Waals surface area contributed by atoms with Crippen molar-refractivity contribution in [2.45, 2.75) is 20.1 Å². The molecule has 1 aliphatic rings. The predicted octanol–water partition coefficient (Wildman–Crippen LogP) is 1.78. The van der Waals surface area contributed by atoms with Crippen LogP contribution in [0, 0.1) is 0 Å². The van der Waals surface area contributed by atoms with Gasteiger partial charge >= 0.3 is 0 Å². The Morgan fingerprint density at radius 1 is 1.35 bits per heavy atom. The second kappa shape index (κ2) is 6.62. The lowest BCUT2D eigenvalue weighted by molar-refractivity contribution is 0.181. The number of ether oxygens (including phenoxy) is 1. The predicted molar refractivity (Wildman–Crippen MR) is 86.1 cm³/mol. The van der Waals surface area contributed by atoms with E-state index in [1.807, 2.05) is 25.1 Å². The van der Waals surface area contributed by atoms with Gasteiger partial charge in [0.25, 0.3) is 0 Å². The molecule has 0 aliphatic carbocycles. The lowest BCUT2D eigenvalue weighted by Crippen LogP contribution is -2.36. The fraction of sp³-hybridized carbons (Fsp3) is 0.312. The molecule has 23 heavy (non-hydrogen) atoms. The molecule has 120 valence electrons. The molecule has 1 aliphatic heterocycles. The Labute approximate surface area is 134 Å². The fourth-order valence-electron chi connectivity index (χ4n) is 2.48. The van der Waals surface area contributed by atoms with Crippen molar-refractivity contribution in [2.75, 3.05) is 13.7 Å². The van der Waals surface area contributed by atoms with E-state index in [0.29, 0.717) is 37.1 Å². The zero-order valence-electron chi connectivity index (χ0n) is 13.2. The zero-order valence-corrected chi connectivity index (χ0v) is 13.2. The van der Waals surface area contributed by atoms with Crippen molar-refractivity contribution in [1.29, 1.82) is 0 Å². The van der Waals surface area contributed by atoms with Crippen LogP contribution in [0.3, 0.4) is 0 Å². The number of aromatic nitrogens is 2. The number of nitrogens with two attached hydrogens (primary N) is 1. The summed E-state index contributed by atoms with van der Waals surface area (Å²) in [5.41, 5.74) is 9.44. The Morgan fingerprint density at radius 3 is 2.91 bits per heavy atom. The number of rotatable bonds is 5. The van der Waals surface area contributed by atoms with Crippen molar-refractivity contribution < 1.29 is 9.15 Å². The molecular formula is C16H19N5O2. The second-order valence-corrected chi connectivity index (χ2v) is 5.28. The minimum Gasteiger partial charge on any atom is -0.443 e. The number of methoxy groups -OCH3 is 1. The summed E-state index contributed by atoms with van der Waals surface area (Å²) in [7, 11) is 1.66. The first kappa shape index (κ1) is 15.2. The minimum atomic E-state index is 0.469. The molecular weight excluding hydrogens is 294 g/mol. The molecule has 7 heteroatoms. The molecule has 0 spiro atoms. The summed E-state index contributed by atoms with van der Waals surface area (Å²) in [6.45, 7) is 3.65. The van der Waals surface area contributed by atoms with Gasteiger partial charge in [-0.1, -0.05) is 6.07 Å². The molecule has 0 unspecified atom stereocenters. The van der Waals surface area contributed by atoms with Gasteiger partial charge in [0, 0.05) is 12.8 Å². The number of oxazole rings is 1. The summed E-state index contributed by atoms with van der Waals surface area (Å²) in [5, 5.41) is 0. The van der Waals surface area contributed by atoms with Gasteiger partial charge in [-0.3, -0.25) is 4.98 Å². The number of nitrogens with zero attached hydrogens (tertiary/aromatic N) is 4. The summed E-state index contributed by atoms with van der Waals surface area (Å²) in [5.74, 6) is 0.994. The molecule has 3 rings (SSSR count). The van der Waals surface area contributed by atoms with Gasteiger partial charge < -0.3 is 19.8 Å². The highest BCUT2D eigenvalue weighted by molar-refractivity contribution is 5.90. The van der Waals surface area contributed by atoms with E-state index in [2.05, 4.69) is 19.9 Å². The Balaban J connectivity index is 1.85. The van der Waals surface area contributed by atoms with Crippen LogP contribution in [0.15, 0.2) is 45.8 Å². The van der Waals surface area contributed by atoms with E-state index < -0.39 is 0 Å². The van der Waals surface area contributed by atoms with Crippen LogP contribution < -0.4 is 5.73 Å². The summed E-state index contributed by atoms with van der Waals surface area (Å²) in [6, 6.07) is 5.91. The third kappa shape index (κ3) is 3.40. The normalized spacial score (nSPS) is 15.0. The van der Waals surface area contributed by atoms with Gasteiger partial charge in [0.1, 0.15) is 17.8 Å². The van der Waals surface area contributed by atoms with Gasteiger partial charge in [-0.15, -0.1) is 0 Å². The Hall–Kier alpha value is -2.67. The second-order valence-electron chi connectivity index (χ2n) is 5.28. The maximum Gasteiger partial charge on any atom is 0.246 e. The van der Waals surface area contributed by atoms with E-state index in [-0.39, 0.29) is 0 Å². The minimum absolute atomic E-state index is 0.469. The quantitative estimate of drug-likeness (QED) is 0.905. The standard InChI is InChI=1S/C16H19N5O2/c1-11-15(16-18-6-7-23-16)20-14(17)9-21(11)8-12-4-3-5-13(19-12)10-22-2/h3-7H,8-10H2,1-2H3,(H2,17,20). The maximum absolute atomic E-state index is 5.98. The smallest absolute Gasteiger partial charge is 0.246 e. The molecule has 2 aromatic rings. The van der Waals surface area contributed by atoms with Gasteiger partial charge in [0.2, 0.25) is 5.89 Å². The summed E-state index contributed by atoms with van der Waals surface area (Å²) in [6.07, 6.45) is 3.12. The largest absolute Gasteiger partial charge is 0.443 e. The zero-order chi connectivity index (χ0) is 16.2. The molecule has 0 atom stereocenters. The lowest BCUT2D eigenvalue weighted by atomic mass is 10.2. The molecule has 0 radical (unpaired) electrons. The van der Waals surface area contributed by atoms with E-state index in [4.69, 9.17) is 14.9 Å². The molecule has 2 aromatic heterocycles. The lowest BCUT2D eigenvalue weighted by Gasteiger charge is -2.29. The average Bonchev–Trinajstić information content (AvgIpc) is 3.05. The number of pyridine rings is 1. The monoisotopic (exact) mass is 313 g/mol. The third-order valence-electron chi connectivity index (χ3n) is 3.57. The number of allylic oxidation sites excluding steroid dienone is 1. The number of hydrogen-bond acceptors (Lipinski definition) is 7. The van der Waals surface area contributed by atoms with Crippen LogP contribution in [-0.2, 0) is 17.9 Å². The molecule has 0 aromatic carbocycles. The van der Waals surface area contributed by atoms with Crippen molar-refractivity contribution in [1.82, 2.24) is 14.9 Å². The molecule has 7 nitrogen and oxygen atoms in total. The van der Waals surface area contributed by atoms with E-state index in [1.165, 1.54) is 6.26 Å². The van der Waals surface area contributed by atoms with Gasteiger partial charge in [-0.2, -0.15) is 0 Å². The van der Waals surface area contributed by atoms with Crippen LogP contribution in [0.2, 0.25) is 0 Å². The topological polar surface area (TPSA) is 89.8 Å². The fourth-order valence-corrected chi connectivity index (χ4v) is 2.48. The molecule has 0 saturated carbocycles.